The van der Waals surface area contributed by atoms with Crippen molar-refractivity contribution >= 4 is 16.5 Å². The number of aromatic nitrogens is 1. The highest BCUT2D eigenvalue weighted by molar-refractivity contribution is 5.89. The molecular weight excluding hydrogens is 244 g/mol. The summed E-state index contributed by atoms with van der Waals surface area (Å²) in [6.45, 7) is 8.55. The van der Waals surface area contributed by atoms with Crippen LogP contribution in [0.5, 0.6) is 0 Å². The van der Waals surface area contributed by atoms with Gasteiger partial charge in [-0.25, -0.2) is 0 Å². The second kappa shape index (κ2) is 5.29. The number of H-pyrrole nitrogens is 1. The fraction of sp³-hybridized carbons (Fsp3) is 0.333. The SMILES string of the molecule is C=C1c2[nH]c3ccccc3c2CN(C)CCC1/C=C\C. The minimum absolute atomic E-state index is 0.426. The van der Waals surface area contributed by atoms with Crippen LogP contribution in [0.2, 0.25) is 0 Å². The molecular formula is C18H22N2. The summed E-state index contributed by atoms with van der Waals surface area (Å²) in [4.78, 5) is 5.99. The van der Waals surface area contributed by atoms with E-state index in [2.05, 4.69) is 66.9 Å². The highest BCUT2D eigenvalue weighted by Gasteiger charge is 2.22. The molecule has 0 fully saturated rings. The third-order valence-corrected chi connectivity index (χ3v) is 4.26. The molecule has 0 aliphatic carbocycles. The average Bonchev–Trinajstić information content (AvgIpc) is 2.80. The zero-order chi connectivity index (χ0) is 14.1. The highest BCUT2D eigenvalue weighted by Crippen LogP contribution is 2.34. The van der Waals surface area contributed by atoms with Crippen LogP contribution in [-0.4, -0.2) is 23.5 Å². The molecule has 0 amide bonds. The second-order valence-corrected chi connectivity index (χ2v) is 5.71. The number of hydrogen-bond acceptors (Lipinski definition) is 1. The van der Waals surface area contributed by atoms with Crippen molar-refractivity contribution in [2.75, 3.05) is 13.6 Å². The van der Waals surface area contributed by atoms with Crippen LogP contribution in [0.25, 0.3) is 16.5 Å². The Kier molecular flexibility index (Phi) is 3.49. The van der Waals surface area contributed by atoms with Gasteiger partial charge in [-0.05, 0) is 44.1 Å². The van der Waals surface area contributed by atoms with E-state index in [1.54, 1.807) is 0 Å². The van der Waals surface area contributed by atoms with Crippen LogP contribution in [0.1, 0.15) is 24.6 Å². The third kappa shape index (κ3) is 2.20. The predicted molar refractivity (Wildman–Crippen MR) is 86.6 cm³/mol. The van der Waals surface area contributed by atoms with Crippen LogP contribution in [-0.2, 0) is 6.54 Å². The number of fused-ring (bicyclic) bond motifs is 3. The van der Waals surface area contributed by atoms with Crippen LogP contribution in [0, 0.1) is 5.92 Å². The van der Waals surface area contributed by atoms with Crippen molar-refractivity contribution in [2.24, 2.45) is 5.92 Å². The molecule has 104 valence electrons. The zero-order valence-electron chi connectivity index (χ0n) is 12.3. The number of hydrogen-bond donors (Lipinski definition) is 1. The molecule has 1 unspecified atom stereocenters. The first-order chi connectivity index (χ1) is 9.70. The molecule has 1 N–H and O–H groups in total. The molecule has 0 radical (unpaired) electrons. The van der Waals surface area contributed by atoms with Gasteiger partial charge in [-0.3, -0.25) is 0 Å². The number of para-hydroxylation sites is 1. The monoisotopic (exact) mass is 266 g/mol. The van der Waals surface area contributed by atoms with E-state index in [0.717, 1.165) is 19.5 Å². The summed E-state index contributed by atoms with van der Waals surface area (Å²) in [7, 11) is 2.20. The van der Waals surface area contributed by atoms with Crippen molar-refractivity contribution in [2.45, 2.75) is 19.9 Å². The summed E-state index contributed by atoms with van der Waals surface area (Å²) in [5.41, 5.74) is 5.07. The van der Waals surface area contributed by atoms with Crippen molar-refractivity contribution in [3.05, 3.63) is 54.3 Å². The summed E-state index contributed by atoms with van der Waals surface area (Å²) in [6.07, 6.45) is 5.55. The molecule has 1 aromatic heterocycles. The molecule has 20 heavy (non-hydrogen) atoms. The van der Waals surface area contributed by atoms with Gasteiger partial charge in [-0.1, -0.05) is 36.9 Å². The molecule has 0 bridgehead atoms. The Morgan fingerprint density at radius 1 is 1.35 bits per heavy atom. The Hall–Kier alpha value is -1.80. The van der Waals surface area contributed by atoms with Crippen molar-refractivity contribution in [3.8, 4) is 0 Å². The number of nitrogens with one attached hydrogen (secondary N) is 1. The predicted octanol–water partition coefficient (Wildman–Crippen LogP) is 4.21. The van der Waals surface area contributed by atoms with E-state index in [-0.39, 0.29) is 0 Å². The summed E-state index contributed by atoms with van der Waals surface area (Å²) in [6, 6.07) is 8.56. The lowest BCUT2D eigenvalue weighted by Crippen LogP contribution is -2.24. The third-order valence-electron chi connectivity index (χ3n) is 4.26. The Balaban J connectivity index is 2.17. The Labute approximate surface area is 120 Å². The van der Waals surface area contributed by atoms with Crippen LogP contribution in [0.4, 0.5) is 0 Å². The first-order valence-electron chi connectivity index (χ1n) is 7.31. The minimum atomic E-state index is 0.426. The van der Waals surface area contributed by atoms with Crippen molar-refractivity contribution in [1.82, 2.24) is 9.88 Å². The number of benzene rings is 1. The lowest BCUT2D eigenvalue weighted by molar-refractivity contribution is 0.312. The van der Waals surface area contributed by atoms with Crippen molar-refractivity contribution in [3.63, 3.8) is 0 Å². The average molecular weight is 266 g/mol. The van der Waals surface area contributed by atoms with E-state index in [1.807, 2.05) is 0 Å². The Morgan fingerprint density at radius 3 is 2.95 bits per heavy atom. The van der Waals surface area contributed by atoms with E-state index in [9.17, 15) is 0 Å². The van der Waals surface area contributed by atoms with Gasteiger partial charge in [-0.15, -0.1) is 0 Å². The summed E-state index contributed by atoms with van der Waals surface area (Å²) in [5.74, 6) is 0.426. The maximum atomic E-state index is 4.38. The quantitative estimate of drug-likeness (QED) is 0.766. The largest absolute Gasteiger partial charge is 0.355 e. The number of nitrogens with zero attached hydrogens (tertiary/aromatic N) is 1. The standard InChI is InChI=1S/C18H22N2/c1-4-7-14-10-11-20(3)12-16-15-8-5-6-9-17(15)19-18(16)13(14)2/h4-9,14,19H,2,10-12H2,1,3H3/b7-4-. The van der Waals surface area contributed by atoms with Gasteiger partial charge in [0.2, 0.25) is 0 Å². The first kappa shape index (κ1) is 13.2. The van der Waals surface area contributed by atoms with Gasteiger partial charge in [-0.2, -0.15) is 0 Å². The van der Waals surface area contributed by atoms with Crippen LogP contribution < -0.4 is 0 Å². The summed E-state index contributed by atoms with van der Waals surface area (Å²) >= 11 is 0. The molecule has 1 aliphatic heterocycles. The van der Waals surface area contributed by atoms with E-state index in [1.165, 1.54) is 27.7 Å². The molecule has 1 atom stereocenters. The normalized spacial score (nSPS) is 21.1. The van der Waals surface area contributed by atoms with Gasteiger partial charge < -0.3 is 9.88 Å². The molecule has 2 heterocycles. The molecule has 0 spiro atoms. The van der Waals surface area contributed by atoms with E-state index < -0.39 is 0 Å². The molecule has 1 aromatic carbocycles. The lowest BCUT2D eigenvalue weighted by atomic mass is 9.90. The minimum Gasteiger partial charge on any atom is -0.355 e. The van der Waals surface area contributed by atoms with Crippen LogP contribution >= 0.6 is 0 Å². The molecule has 3 rings (SSSR count). The van der Waals surface area contributed by atoms with E-state index >= 15 is 0 Å². The smallest absolute Gasteiger partial charge is 0.0469 e. The molecule has 0 saturated heterocycles. The maximum absolute atomic E-state index is 4.38. The van der Waals surface area contributed by atoms with Gasteiger partial charge in [0.05, 0.1) is 0 Å². The molecule has 0 saturated carbocycles. The first-order valence-corrected chi connectivity index (χ1v) is 7.31. The van der Waals surface area contributed by atoms with Crippen molar-refractivity contribution < 1.29 is 0 Å². The van der Waals surface area contributed by atoms with Crippen LogP contribution in [0.3, 0.4) is 0 Å². The number of rotatable bonds is 1. The Morgan fingerprint density at radius 2 is 2.15 bits per heavy atom. The molecule has 2 aromatic rings. The zero-order valence-corrected chi connectivity index (χ0v) is 12.3. The van der Waals surface area contributed by atoms with E-state index in [4.69, 9.17) is 0 Å². The van der Waals surface area contributed by atoms with E-state index in [0.29, 0.717) is 5.92 Å². The molecule has 2 nitrogen and oxygen atoms in total. The number of allylic oxidation sites excluding steroid dienone is 3. The summed E-state index contributed by atoms with van der Waals surface area (Å²) in [5, 5.41) is 1.33. The maximum Gasteiger partial charge on any atom is 0.0469 e. The van der Waals surface area contributed by atoms with Gasteiger partial charge >= 0.3 is 0 Å². The topological polar surface area (TPSA) is 19.0 Å². The lowest BCUT2D eigenvalue weighted by Gasteiger charge is -2.26. The molecule has 1 aliphatic rings. The van der Waals surface area contributed by atoms with Gasteiger partial charge in [0, 0.05) is 29.1 Å². The second-order valence-electron chi connectivity index (χ2n) is 5.71. The van der Waals surface area contributed by atoms with Gasteiger partial charge in [0.1, 0.15) is 0 Å². The Bertz CT molecular complexity index is 663. The molecule has 2 heteroatoms. The van der Waals surface area contributed by atoms with Gasteiger partial charge in [0.15, 0.2) is 0 Å². The van der Waals surface area contributed by atoms with Gasteiger partial charge in [0.25, 0.3) is 0 Å². The fourth-order valence-corrected chi connectivity index (χ4v) is 3.15. The summed E-state index contributed by atoms with van der Waals surface area (Å²) < 4.78 is 0. The van der Waals surface area contributed by atoms with Crippen LogP contribution in [0.15, 0.2) is 43.0 Å². The highest BCUT2D eigenvalue weighted by atomic mass is 15.1. The van der Waals surface area contributed by atoms with Crippen molar-refractivity contribution in [1.29, 1.82) is 0 Å². The number of aromatic amines is 1. The fourth-order valence-electron chi connectivity index (χ4n) is 3.15.